The number of benzene rings is 2. The van der Waals surface area contributed by atoms with E-state index >= 15 is 0 Å². The van der Waals surface area contributed by atoms with Gasteiger partial charge in [0.05, 0.1) is 10.6 Å². The maximum absolute atomic E-state index is 6.58. The van der Waals surface area contributed by atoms with Gasteiger partial charge in [0.25, 0.3) is 0 Å². The van der Waals surface area contributed by atoms with Crippen LogP contribution in [-0.2, 0) is 0 Å². The van der Waals surface area contributed by atoms with E-state index in [4.69, 9.17) is 33.3 Å². The second-order valence-electron chi connectivity index (χ2n) is 7.44. The first-order valence-electron chi connectivity index (χ1n) is 9.99. The van der Waals surface area contributed by atoms with Crippen molar-refractivity contribution < 1.29 is 0 Å². The van der Waals surface area contributed by atoms with E-state index in [0.29, 0.717) is 10.0 Å². The first-order chi connectivity index (χ1) is 14.6. The number of piperazine rings is 1. The maximum atomic E-state index is 6.58. The van der Waals surface area contributed by atoms with Crippen LogP contribution in [-0.4, -0.2) is 40.8 Å². The number of rotatable bonds is 3. The van der Waals surface area contributed by atoms with Crippen LogP contribution < -0.4 is 10.2 Å². The van der Waals surface area contributed by atoms with Crippen LogP contribution in [0.4, 0.5) is 5.82 Å². The molecule has 5 nitrogen and oxygen atoms in total. The zero-order chi connectivity index (χ0) is 20.7. The van der Waals surface area contributed by atoms with Crippen molar-refractivity contribution in [2.45, 2.75) is 6.92 Å². The molecule has 0 aliphatic carbocycles. The smallest absolute Gasteiger partial charge is 0.166 e. The lowest BCUT2D eigenvalue weighted by molar-refractivity contribution is 0.579. The summed E-state index contributed by atoms with van der Waals surface area (Å²) in [6.45, 7) is 5.78. The number of aromatic nitrogens is 3. The summed E-state index contributed by atoms with van der Waals surface area (Å²) in [4.78, 5) is 7.24. The van der Waals surface area contributed by atoms with Gasteiger partial charge in [-0.2, -0.15) is 9.61 Å². The minimum absolute atomic E-state index is 0. The second kappa shape index (κ2) is 9.05. The Kier molecular flexibility index (Phi) is 6.39. The first kappa shape index (κ1) is 21.9. The Morgan fingerprint density at radius 3 is 2.39 bits per heavy atom. The molecule has 2 aromatic carbocycles. The number of hydrogen-bond donors (Lipinski definition) is 1. The largest absolute Gasteiger partial charge is 0.354 e. The summed E-state index contributed by atoms with van der Waals surface area (Å²) in [5.41, 5.74) is 5.45. The molecule has 2 aromatic heterocycles. The molecule has 3 heterocycles. The fraction of sp³-hybridized carbons (Fsp3) is 0.217. The molecular formula is C23H22Cl3N5. The van der Waals surface area contributed by atoms with Crippen molar-refractivity contribution in [3.63, 3.8) is 0 Å². The van der Waals surface area contributed by atoms with Crippen molar-refractivity contribution >= 4 is 47.1 Å². The van der Waals surface area contributed by atoms with E-state index in [9.17, 15) is 0 Å². The third kappa shape index (κ3) is 4.11. The van der Waals surface area contributed by atoms with E-state index in [-0.39, 0.29) is 12.4 Å². The highest BCUT2D eigenvalue weighted by atomic mass is 35.5. The summed E-state index contributed by atoms with van der Waals surface area (Å²) in [6, 6.07) is 17.7. The van der Waals surface area contributed by atoms with E-state index in [0.717, 1.165) is 65.7 Å². The van der Waals surface area contributed by atoms with Crippen LogP contribution in [0.15, 0.2) is 54.6 Å². The minimum atomic E-state index is 0. The Hall–Kier alpha value is -2.31. The SMILES string of the molecule is Cc1cc(N2CCNCC2)n2nc(-c3ccccc3Cl)c(-c3ccc(Cl)cc3)c2n1.Cl. The van der Waals surface area contributed by atoms with E-state index in [1.807, 2.05) is 60.0 Å². The van der Waals surface area contributed by atoms with Crippen molar-refractivity contribution in [2.75, 3.05) is 31.1 Å². The van der Waals surface area contributed by atoms with Crippen molar-refractivity contribution in [1.82, 2.24) is 19.9 Å². The van der Waals surface area contributed by atoms with Crippen molar-refractivity contribution in [2.24, 2.45) is 0 Å². The molecule has 1 aliphatic rings. The molecule has 0 bridgehead atoms. The highest BCUT2D eigenvalue weighted by Crippen LogP contribution is 2.39. The van der Waals surface area contributed by atoms with Crippen LogP contribution in [0, 0.1) is 6.92 Å². The third-order valence-corrected chi connectivity index (χ3v) is 5.98. The topological polar surface area (TPSA) is 45.5 Å². The molecule has 0 unspecified atom stereocenters. The Morgan fingerprint density at radius 2 is 1.68 bits per heavy atom. The molecule has 0 saturated carbocycles. The molecule has 31 heavy (non-hydrogen) atoms. The number of nitrogens with one attached hydrogen (secondary N) is 1. The predicted molar refractivity (Wildman–Crippen MR) is 131 cm³/mol. The molecule has 1 N–H and O–H groups in total. The zero-order valence-electron chi connectivity index (χ0n) is 17.0. The van der Waals surface area contributed by atoms with Crippen LogP contribution in [0.3, 0.4) is 0 Å². The van der Waals surface area contributed by atoms with Crippen LogP contribution in [0.2, 0.25) is 10.0 Å². The Bertz CT molecular complexity index is 1210. The quantitative estimate of drug-likeness (QED) is 0.425. The van der Waals surface area contributed by atoms with E-state index < -0.39 is 0 Å². The number of aryl methyl sites for hydroxylation is 1. The molecule has 160 valence electrons. The molecule has 1 saturated heterocycles. The average molecular weight is 475 g/mol. The highest BCUT2D eigenvalue weighted by Gasteiger charge is 2.23. The van der Waals surface area contributed by atoms with E-state index in [1.165, 1.54) is 0 Å². The lowest BCUT2D eigenvalue weighted by atomic mass is 10.0. The minimum Gasteiger partial charge on any atom is -0.354 e. The number of fused-ring (bicyclic) bond motifs is 1. The summed E-state index contributed by atoms with van der Waals surface area (Å²) in [5.74, 6) is 1.05. The van der Waals surface area contributed by atoms with Gasteiger partial charge in [-0.1, -0.05) is 53.5 Å². The summed E-state index contributed by atoms with van der Waals surface area (Å²) < 4.78 is 1.96. The lowest BCUT2D eigenvalue weighted by Crippen LogP contribution is -2.44. The van der Waals surface area contributed by atoms with Gasteiger partial charge < -0.3 is 10.2 Å². The summed E-state index contributed by atoms with van der Waals surface area (Å²) in [7, 11) is 0. The molecule has 0 radical (unpaired) electrons. The predicted octanol–water partition coefficient (Wildman–Crippen LogP) is 5.51. The Labute approximate surface area is 197 Å². The molecule has 0 spiro atoms. The molecule has 8 heteroatoms. The van der Waals surface area contributed by atoms with E-state index in [1.54, 1.807) is 0 Å². The van der Waals surface area contributed by atoms with Crippen LogP contribution in [0.1, 0.15) is 5.69 Å². The fourth-order valence-corrected chi connectivity index (χ4v) is 4.31. The standard InChI is InChI=1S/C23H21Cl2N5.ClH/c1-15-14-20(29-12-10-26-11-13-29)30-23(27-15)21(16-6-8-17(24)9-7-16)22(28-30)18-4-2-3-5-19(18)25;/h2-9,14,26H,10-13H2,1H3;1H. The van der Waals surface area contributed by atoms with Crippen molar-refractivity contribution in [3.8, 4) is 22.4 Å². The normalized spacial score (nSPS) is 14.0. The number of nitrogens with zero attached hydrogens (tertiary/aromatic N) is 4. The van der Waals surface area contributed by atoms with E-state index in [2.05, 4.69) is 16.3 Å². The Morgan fingerprint density at radius 1 is 0.968 bits per heavy atom. The third-order valence-electron chi connectivity index (χ3n) is 5.40. The second-order valence-corrected chi connectivity index (χ2v) is 8.28. The van der Waals surface area contributed by atoms with Crippen LogP contribution >= 0.6 is 35.6 Å². The van der Waals surface area contributed by atoms with Gasteiger partial charge in [-0.05, 0) is 30.7 Å². The molecule has 4 aromatic rings. The average Bonchev–Trinajstić information content (AvgIpc) is 3.13. The highest BCUT2D eigenvalue weighted by molar-refractivity contribution is 6.33. The Balaban J connectivity index is 0.00000231. The van der Waals surface area contributed by atoms with Gasteiger partial charge in [0, 0.05) is 48.5 Å². The van der Waals surface area contributed by atoms with Gasteiger partial charge in [0.2, 0.25) is 0 Å². The van der Waals surface area contributed by atoms with Crippen LogP contribution in [0.5, 0.6) is 0 Å². The lowest BCUT2D eigenvalue weighted by Gasteiger charge is -2.29. The molecule has 5 rings (SSSR count). The van der Waals surface area contributed by atoms with Crippen molar-refractivity contribution in [1.29, 1.82) is 0 Å². The van der Waals surface area contributed by atoms with Crippen molar-refractivity contribution in [3.05, 3.63) is 70.3 Å². The monoisotopic (exact) mass is 473 g/mol. The number of anilines is 1. The number of hydrogen-bond acceptors (Lipinski definition) is 4. The van der Waals surface area contributed by atoms with Gasteiger partial charge in [-0.3, -0.25) is 0 Å². The van der Waals surface area contributed by atoms with Gasteiger partial charge >= 0.3 is 0 Å². The molecule has 0 atom stereocenters. The summed E-state index contributed by atoms with van der Waals surface area (Å²) in [5, 5.41) is 9.80. The number of halogens is 3. The molecule has 1 aliphatic heterocycles. The fourth-order valence-electron chi connectivity index (χ4n) is 3.96. The van der Waals surface area contributed by atoms with Gasteiger partial charge in [0.15, 0.2) is 5.65 Å². The first-order valence-corrected chi connectivity index (χ1v) is 10.7. The summed E-state index contributed by atoms with van der Waals surface area (Å²) >= 11 is 12.7. The molecular weight excluding hydrogens is 453 g/mol. The maximum Gasteiger partial charge on any atom is 0.166 e. The van der Waals surface area contributed by atoms with Gasteiger partial charge in [-0.15, -0.1) is 12.4 Å². The van der Waals surface area contributed by atoms with Gasteiger partial charge in [-0.25, -0.2) is 4.98 Å². The van der Waals surface area contributed by atoms with Gasteiger partial charge in [0.1, 0.15) is 11.5 Å². The zero-order valence-corrected chi connectivity index (χ0v) is 19.3. The summed E-state index contributed by atoms with van der Waals surface area (Å²) in [6.07, 6.45) is 0. The molecule has 0 amide bonds. The van der Waals surface area contributed by atoms with Crippen LogP contribution in [0.25, 0.3) is 28.0 Å². The molecule has 1 fully saturated rings.